The molecule has 1 aliphatic heterocycles. The predicted molar refractivity (Wildman–Crippen MR) is 65.3 cm³/mol. The maximum atomic E-state index is 12.1. The van der Waals surface area contributed by atoms with Gasteiger partial charge in [0.2, 0.25) is 0 Å². The van der Waals surface area contributed by atoms with Crippen LogP contribution >= 0.6 is 15.9 Å². The fourth-order valence-electron chi connectivity index (χ4n) is 2.13. The molecule has 0 radical (unpaired) electrons. The van der Waals surface area contributed by atoms with Crippen LogP contribution in [0, 0.1) is 11.8 Å². The van der Waals surface area contributed by atoms with E-state index in [-0.39, 0.29) is 5.91 Å². The van der Waals surface area contributed by atoms with E-state index in [9.17, 15) is 4.79 Å². The molecule has 1 aliphatic rings. The summed E-state index contributed by atoms with van der Waals surface area (Å²) in [5, 5.41) is 0. The van der Waals surface area contributed by atoms with Gasteiger partial charge in [-0.15, -0.1) is 0 Å². The number of hydrogen-bond acceptors (Lipinski definition) is 2. The Kier molecular flexibility index (Phi) is 3.38. The second-order valence-corrected chi connectivity index (χ2v) is 5.37. The largest absolute Gasteiger partial charge is 0.457 e. The van der Waals surface area contributed by atoms with Crippen LogP contribution in [0.5, 0.6) is 0 Å². The summed E-state index contributed by atoms with van der Waals surface area (Å²) < 4.78 is 5.62. The Morgan fingerprint density at radius 1 is 1.62 bits per heavy atom. The van der Waals surface area contributed by atoms with E-state index in [1.807, 2.05) is 4.90 Å². The van der Waals surface area contributed by atoms with Crippen molar-refractivity contribution in [3.8, 4) is 0 Å². The summed E-state index contributed by atoms with van der Waals surface area (Å²) in [6.07, 6.45) is 2.65. The molecule has 0 bridgehead atoms. The Labute approximate surface area is 104 Å². The highest BCUT2D eigenvalue weighted by Gasteiger charge is 2.29. The molecule has 1 aromatic rings. The Hall–Kier alpha value is -0.770. The molecule has 88 valence electrons. The van der Waals surface area contributed by atoms with Gasteiger partial charge in [0, 0.05) is 13.1 Å². The van der Waals surface area contributed by atoms with Crippen molar-refractivity contribution in [2.24, 2.45) is 11.8 Å². The van der Waals surface area contributed by atoms with Gasteiger partial charge in [-0.05, 0) is 40.3 Å². The van der Waals surface area contributed by atoms with E-state index in [1.54, 1.807) is 6.07 Å². The van der Waals surface area contributed by atoms with Gasteiger partial charge < -0.3 is 9.32 Å². The number of halogens is 1. The minimum atomic E-state index is 0.0729. The van der Waals surface area contributed by atoms with Crippen molar-refractivity contribution in [1.29, 1.82) is 0 Å². The van der Waals surface area contributed by atoms with Gasteiger partial charge in [0.05, 0.1) is 11.8 Å². The molecule has 1 fully saturated rings. The molecule has 0 saturated carbocycles. The van der Waals surface area contributed by atoms with E-state index >= 15 is 0 Å². The van der Waals surface area contributed by atoms with E-state index in [2.05, 4.69) is 29.8 Å². The molecule has 1 unspecified atom stereocenters. The number of nitrogens with zero attached hydrogens (tertiary/aromatic N) is 1. The van der Waals surface area contributed by atoms with Gasteiger partial charge in [-0.25, -0.2) is 0 Å². The third kappa shape index (κ3) is 2.17. The van der Waals surface area contributed by atoms with Gasteiger partial charge in [-0.1, -0.05) is 13.8 Å². The number of rotatable bonds is 2. The molecule has 1 atom stereocenters. The summed E-state index contributed by atoms with van der Waals surface area (Å²) in [5.41, 5.74) is 0.629. The van der Waals surface area contributed by atoms with Crippen molar-refractivity contribution in [3.63, 3.8) is 0 Å². The second kappa shape index (κ2) is 4.62. The van der Waals surface area contributed by atoms with E-state index in [0.29, 0.717) is 22.1 Å². The van der Waals surface area contributed by atoms with Crippen LogP contribution in [0.2, 0.25) is 0 Å². The van der Waals surface area contributed by atoms with Gasteiger partial charge in [0.15, 0.2) is 4.67 Å². The Balaban J connectivity index is 2.05. The lowest BCUT2D eigenvalue weighted by Crippen LogP contribution is -2.29. The van der Waals surface area contributed by atoms with Crippen LogP contribution in [0.3, 0.4) is 0 Å². The quantitative estimate of drug-likeness (QED) is 0.836. The van der Waals surface area contributed by atoms with Crippen molar-refractivity contribution in [1.82, 2.24) is 4.90 Å². The van der Waals surface area contributed by atoms with Gasteiger partial charge >= 0.3 is 0 Å². The molecule has 2 rings (SSSR count). The number of carbonyl (C=O) groups is 1. The molecule has 1 saturated heterocycles. The number of hydrogen-bond donors (Lipinski definition) is 0. The molecular weight excluding hydrogens is 270 g/mol. The van der Waals surface area contributed by atoms with Gasteiger partial charge in [-0.3, -0.25) is 4.79 Å². The van der Waals surface area contributed by atoms with Crippen LogP contribution in [0.25, 0.3) is 0 Å². The monoisotopic (exact) mass is 285 g/mol. The lowest BCUT2D eigenvalue weighted by atomic mass is 9.95. The van der Waals surface area contributed by atoms with Crippen LogP contribution in [0.15, 0.2) is 21.4 Å². The van der Waals surface area contributed by atoms with Crippen molar-refractivity contribution in [3.05, 3.63) is 22.6 Å². The number of carbonyl (C=O) groups excluding carboxylic acids is 1. The topological polar surface area (TPSA) is 33.5 Å². The maximum Gasteiger partial charge on any atom is 0.258 e. The molecule has 16 heavy (non-hydrogen) atoms. The predicted octanol–water partition coefficient (Wildman–Crippen LogP) is 3.16. The van der Waals surface area contributed by atoms with Gasteiger partial charge in [0.1, 0.15) is 0 Å². The summed E-state index contributed by atoms with van der Waals surface area (Å²) in [4.78, 5) is 14.0. The van der Waals surface area contributed by atoms with Crippen molar-refractivity contribution >= 4 is 21.8 Å². The zero-order chi connectivity index (χ0) is 11.7. The summed E-state index contributed by atoms with van der Waals surface area (Å²) in [6.45, 7) is 6.16. The van der Waals surface area contributed by atoms with Gasteiger partial charge in [0.25, 0.3) is 5.91 Å². The highest BCUT2D eigenvalue weighted by atomic mass is 79.9. The van der Waals surface area contributed by atoms with E-state index in [1.165, 1.54) is 6.26 Å². The standard InChI is InChI=1S/C12H16BrNO2/c1-8(2)9-3-5-14(7-9)12(15)10-4-6-16-11(10)13/h4,6,8-9H,3,5,7H2,1-2H3. The van der Waals surface area contributed by atoms with E-state index in [4.69, 9.17) is 4.42 Å². The molecular formula is C12H16BrNO2. The molecule has 1 aromatic heterocycles. The average molecular weight is 286 g/mol. The van der Waals surface area contributed by atoms with Crippen molar-refractivity contribution < 1.29 is 9.21 Å². The number of furan rings is 1. The summed E-state index contributed by atoms with van der Waals surface area (Å²) in [7, 11) is 0. The molecule has 4 heteroatoms. The smallest absolute Gasteiger partial charge is 0.258 e. The fourth-order valence-corrected chi connectivity index (χ4v) is 2.54. The Morgan fingerprint density at radius 2 is 2.38 bits per heavy atom. The Bertz CT molecular complexity index is 386. The Morgan fingerprint density at radius 3 is 2.88 bits per heavy atom. The van der Waals surface area contributed by atoms with Crippen LogP contribution in [-0.4, -0.2) is 23.9 Å². The SMILES string of the molecule is CC(C)C1CCN(C(=O)c2ccoc2Br)C1. The lowest BCUT2D eigenvalue weighted by molar-refractivity contribution is 0.0782. The highest BCUT2D eigenvalue weighted by Crippen LogP contribution is 2.27. The molecule has 0 spiro atoms. The lowest BCUT2D eigenvalue weighted by Gasteiger charge is -2.17. The van der Waals surface area contributed by atoms with Crippen LogP contribution in [0.4, 0.5) is 0 Å². The molecule has 0 N–H and O–H groups in total. The minimum Gasteiger partial charge on any atom is -0.457 e. The van der Waals surface area contributed by atoms with Crippen LogP contribution < -0.4 is 0 Å². The zero-order valence-electron chi connectivity index (χ0n) is 9.57. The molecule has 3 nitrogen and oxygen atoms in total. The number of likely N-dealkylation sites (tertiary alicyclic amines) is 1. The molecule has 1 amide bonds. The first-order chi connectivity index (χ1) is 7.59. The molecule has 2 heterocycles. The van der Waals surface area contributed by atoms with Crippen LogP contribution in [0.1, 0.15) is 30.6 Å². The van der Waals surface area contributed by atoms with Crippen molar-refractivity contribution in [2.45, 2.75) is 20.3 Å². The minimum absolute atomic E-state index is 0.0729. The summed E-state index contributed by atoms with van der Waals surface area (Å²) in [6, 6.07) is 1.72. The third-order valence-corrected chi connectivity index (χ3v) is 3.92. The first-order valence-corrected chi connectivity index (χ1v) is 6.41. The summed E-state index contributed by atoms with van der Waals surface area (Å²) in [5.74, 6) is 1.35. The molecule has 0 aliphatic carbocycles. The van der Waals surface area contributed by atoms with E-state index in [0.717, 1.165) is 19.5 Å². The highest BCUT2D eigenvalue weighted by molar-refractivity contribution is 9.10. The normalized spacial score (nSPS) is 20.8. The zero-order valence-corrected chi connectivity index (χ0v) is 11.2. The third-order valence-electron chi connectivity index (χ3n) is 3.30. The maximum absolute atomic E-state index is 12.1. The first-order valence-electron chi connectivity index (χ1n) is 5.62. The average Bonchev–Trinajstić information content (AvgIpc) is 2.84. The second-order valence-electron chi connectivity index (χ2n) is 4.65. The number of amides is 1. The van der Waals surface area contributed by atoms with Gasteiger partial charge in [-0.2, -0.15) is 0 Å². The first kappa shape index (κ1) is 11.7. The summed E-state index contributed by atoms with van der Waals surface area (Å²) >= 11 is 3.24. The fraction of sp³-hybridized carbons (Fsp3) is 0.583. The molecule has 0 aromatic carbocycles. The van der Waals surface area contributed by atoms with E-state index < -0.39 is 0 Å². The van der Waals surface area contributed by atoms with Crippen LogP contribution in [-0.2, 0) is 0 Å². The van der Waals surface area contributed by atoms with Crippen molar-refractivity contribution in [2.75, 3.05) is 13.1 Å².